The fraction of sp³-hybridized carbons (Fsp3) is 0.133. The number of nitrogens with zero attached hydrogens (tertiary/aromatic N) is 3. The highest BCUT2D eigenvalue weighted by molar-refractivity contribution is 14.1. The van der Waals surface area contributed by atoms with E-state index in [0.29, 0.717) is 12.3 Å². The molecule has 0 saturated heterocycles. The second-order valence-corrected chi connectivity index (χ2v) is 5.99. The van der Waals surface area contributed by atoms with Gasteiger partial charge in [0.1, 0.15) is 11.5 Å². The summed E-state index contributed by atoms with van der Waals surface area (Å²) in [6, 6.07) is 10.9. The summed E-state index contributed by atoms with van der Waals surface area (Å²) in [7, 11) is 0. The molecule has 0 aromatic heterocycles. The lowest BCUT2D eigenvalue weighted by Gasteiger charge is -2.11. The lowest BCUT2D eigenvalue weighted by atomic mass is 10.2. The fourth-order valence-electron chi connectivity index (χ4n) is 1.91. The van der Waals surface area contributed by atoms with Crippen LogP contribution in [0.5, 0.6) is 0 Å². The molecule has 0 unspecified atom stereocenters. The maximum atomic E-state index is 11.1. The van der Waals surface area contributed by atoms with Crippen molar-refractivity contribution in [1.82, 2.24) is 5.43 Å². The van der Waals surface area contributed by atoms with Crippen LogP contribution in [0.25, 0.3) is 0 Å². The van der Waals surface area contributed by atoms with Gasteiger partial charge in [-0.25, -0.2) is 4.99 Å². The van der Waals surface area contributed by atoms with E-state index in [1.807, 2.05) is 31.2 Å². The Bertz CT molecular complexity index is 840. The first-order valence-electron chi connectivity index (χ1n) is 7.19. The number of benzene rings is 2. The Balaban J connectivity index is 2.23. The minimum atomic E-state index is -0.681. The minimum Gasteiger partial charge on any atom is -0.293 e. The number of hydrogen-bond acceptors (Lipinski definition) is 6. The third-order valence-electron chi connectivity index (χ3n) is 3.17. The highest BCUT2D eigenvalue weighted by atomic mass is 127. The molecule has 0 bridgehead atoms. The predicted molar refractivity (Wildman–Crippen MR) is 103 cm³/mol. The number of para-hydroxylation sites is 1. The molecule has 25 heavy (non-hydrogen) atoms. The fourth-order valence-corrected chi connectivity index (χ4v) is 2.42. The van der Waals surface area contributed by atoms with Crippen molar-refractivity contribution in [2.45, 2.75) is 13.3 Å². The monoisotopic (exact) mass is 455 g/mol. The first kappa shape index (κ1) is 18.6. The van der Waals surface area contributed by atoms with E-state index in [2.05, 4.69) is 38.4 Å². The quantitative estimate of drug-likeness (QED) is 0.222. The molecule has 2 aromatic rings. The van der Waals surface area contributed by atoms with Crippen LogP contribution in [0.3, 0.4) is 0 Å². The number of hydrogen-bond donors (Lipinski definition) is 2. The van der Waals surface area contributed by atoms with Gasteiger partial charge in [0.15, 0.2) is 0 Å². The van der Waals surface area contributed by atoms with Gasteiger partial charge in [-0.15, -0.1) is 0 Å². The van der Waals surface area contributed by atoms with Crippen molar-refractivity contribution in [3.8, 4) is 0 Å². The molecule has 0 aliphatic rings. The maximum absolute atomic E-state index is 11.1. The van der Waals surface area contributed by atoms with Gasteiger partial charge in [0.2, 0.25) is 0 Å². The zero-order valence-corrected chi connectivity index (χ0v) is 15.3. The van der Waals surface area contributed by atoms with Gasteiger partial charge in [-0.2, -0.15) is 0 Å². The number of rotatable bonds is 6. The SMILES string of the molecule is CCC(=Nc1ccccc1I)NNc1ccc([N+](=O)[O-])cc1[N+](=O)[O-]. The maximum Gasteiger partial charge on any atom is 0.300 e. The number of amidine groups is 1. The molecule has 9 nitrogen and oxygen atoms in total. The highest BCUT2D eigenvalue weighted by Gasteiger charge is 2.19. The number of nitro benzene ring substituents is 2. The number of halogens is 1. The van der Waals surface area contributed by atoms with Crippen LogP contribution >= 0.6 is 22.6 Å². The molecule has 0 amide bonds. The second kappa shape index (κ2) is 8.37. The van der Waals surface area contributed by atoms with Crippen molar-refractivity contribution in [2.24, 2.45) is 4.99 Å². The summed E-state index contributed by atoms with van der Waals surface area (Å²) in [4.78, 5) is 25.0. The number of nitrogens with one attached hydrogen (secondary N) is 2. The number of non-ortho nitro benzene ring substituents is 1. The molecule has 2 rings (SSSR count). The van der Waals surface area contributed by atoms with Gasteiger partial charge >= 0.3 is 5.69 Å². The number of anilines is 1. The van der Waals surface area contributed by atoms with Gasteiger partial charge < -0.3 is 0 Å². The van der Waals surface area contributed by atoms with E-state index in [0.717, 1.165) is 15.3 Å². The Morgan fingerprint density at radius 1 is 1.16 bits per heavy atom. The summed E-state index contributed by atoms with van der Waals surface area (Å²) in [5.41, 5.74) is 5.67. The Morgan fingerprint density at radius 2 is 1.88 bits per heavy atom. The molecule has 0 radical (unpaired) electrons. The first-order valence-corrected chi connectivity index (χ1v) is 8.27. The summed E-state index contributed by atoms with van der Waals surface area (Å²) in [6.45, 7) is 1.88. The van der Waals surface area contributed by atoms with E-state index < -0.39 is 15.5 Å². The van der Waals surface area contributed by atoms with Crippen LogP contribution in [0.2, 0.25) is 0 Å². The van der Waals surface area contributed by atoms with Crippen molar-refractivity contribution >= 4 is 51.2 Å². The standard InChI is InChI=1S/C15H14IN5O4/c1-2-15(17-12-6-4-3-5-11(12)16)19-18-13-8-7-10(20(22)23)9-14(13)21(24)25/h3-9,18H,2H2,1H3,(H,17,19). The van der Waals surface area contributed by atoms with Gasteiger partial charge in [-0.3, -0.25) is 31.1 Å². The molecule has 2 aromatic carbocycles. The van der Waals surface area contributed by atoms with Crippen LogP contribution in [0, 0.1) is 23.8 Å². The van der Waals surface area contributed by atoms with Crippen molar-refractivity contribution < 1.29 is 9.85 Å². The summed E-state index contributed by atoms with van der Waals surface area (Å²) in [6.07, 6.45) is 0.554. The van der Waals surface area contributed by atoms with Crippen LogP contribution in [0.15, 0.2) is 47.5 Å². The van der Waals surface area contributed by atoms with Gasteiger partial charge in [-0.05, 0) is 40.8 Å². The molecule has 0 aliphatic carbocycles. The predicted octanol–water partition coefficient (Wildman–Crippen LogP) is 4.16. The molecular weight excluding hydrogens is 441 g/mol. The second-order valence-electron chi connectivity index (χ2n) is 4.83. The Kier molecular flexibility index (Phi) is 6.22. The van der Waals surface area contributed by atoms with Gasteiger partial charge in [0.25, 0.3) is 5.69 Å². The van der Waals surface area contributed by atoms with Crippen LogP contribution in [-0.4, -0.2) is 15.7 Å². The summed E-state index contributed by atoms with van der Waals surface area (Å²) in [5.74, 6) is 0.566. The average molecular weight is 455 g/mol. The Hall–Kier alpha value is -2.76. The van der Waals surface area contributed by atoms with Gasteiger partial charge in [0, 0.05) is 16.1 Å². The third kappa shape index (κ3) is 4.86. The lowest BCUT2D eigenvalue weighted by Crippen LogP contribution is -2.29. The molecule has 0 spiro atoms. The minimum absolute atomic E-state index is 0.111. The summed E-state index contributed by atoms with van der Waals surface area (Å²) < 4.78 is 0.967. The van der Waals surface area contributed by atoms with Crippen LogP contribution in [0.1, 0.15) is 13.3 Å². The molecule has 0 heterocycles. The Morgan fingerprint density at radius 3 is 2.48 bits per heavy atom. The van der Waals surface area contributed by atoms with Crippen LogP contribution < -0.4 is 10.9 Å². The zero-order valence-electron chi connectivity index (χ0n) is 13.1. The van der Waals surface area contributed by atoms with E-state index in [1.165, 1.54) is 12.1 Å². The van der Waals surface area contributed by atoms with E-state index in [9.17, 15) is 20.2 Å². The Labute approximate surface area is 156 Å². The van der Waals surface area contributed by atoms with Gasteiger partial charge in [-0.1, -0.05) is 19.1 Å². The normalized spacial score (nSPS) is 11.0. The molecule has 0 aliphatic heterocycles. The molecular formula is C15H14IN5O4. The van der Waals surface area contributed by atoms with E-state index in [1.54, 1.807) is 0 Å². The summed E-state index contributed by atoms with van der Waals surface area (Å²) in [5, 5.41) is 21.9. The largest absolute Gasteiger partial charge is 0.300 e. The topological polar surface area (TPSA) is 123 Å². The molecule has 10 heteroatoms. The zero-order chi connectivity index (χ0) is 18.4. The molecule has 2 N–H and O–H groups in total. The molecule has 130 valence electrons. The number of nitro groups is 2. The van der Waals surface area contributed by atoms with Crippen molar-refractivity contribution in [3.63, 3.8) is 0 Å². The van der Waals surface area contributed by atoms with Crippen molar-refractivity contribution in [3.05, 3.63) is 66.3 Å². The van der Waals surface area contributed by atoms with E-state index >= 15 is 0 Å². The lowest BCUT2D eigenvalue weighted by molar-refractivity contribution is -0.393. The molecule has 0 saturated carbocycles. The van der Waals surface area contributed by atoms with Crippen LogP contribution in [0.4, 0.5) is 22.7 Å². The van der Waals surface area contributed by atoms with Gasteiger partial charge in [0.05, 0.1) is 21.6 Å². The average Bonchev–Trinajstić information content (AvgIpc) is 2.59. The summed E-state index contributed by atoms with van der Waals surface area (Å²) >= 11 is 2.17. The first-order chi connectivity index (χ1) is 11.9. The van der Waals surface area contributed by atoms with Crippen molar-refractivity contribution in [1.29, 1.82) is 0 Å². The molecule has 0 fully saturated rings. The number of aliphatic imine (C=N–C) groups is 1. The van der Waals surface area contributed by atoms with E-state index in [4.69, 9.17) is 0 Å². The van der Waals surface area contributed by atoms with E-state index in [-0.39, 0.29) is 11.4 Å². The smallest absolute Gasteiger partial charge is 0.293 e. The third-order valence-corrected chi connectivity index (χ3v) is 4.09. The highest BCUT2D eigenvalue weighted by Crippen LogP contribution is 2.28. The van der Waals surface area contributed by atoms with Crippen molar-refractivity contribution in [2.75, 3.05) is 5.43 Å². The molecule has 0 atom stereocenters. The number of hydrazine groups is 1. The van der Waals surface area contributed by atoms with Crippen LogP contribution in [-0.2, 0) is 0 Å².